The molecule has 5 heteroatoms. The number of hydrogen-bond acceptors (Lipinski definition) is 4. The number of methoxy groups -OCH3 is 1. The lowest BCUT2D eigenvalue weighted by Gasteiger charge is -2.22. The molecule has 0 saturated heterocycles. The maximum absolute atomic E-state index is 12.7. The first-order chi connectivity index (χ1) is 10.1. The molecule has 0 spiro atoms. The molecule has 0 amide bonds. The second kappa shape index (κ2) is 7.38. The van der Waals surface area contributed by atoms with Gasteiger partial charge in [0, 0.05) is 19.8 Å². The van der Waals surface area contributed by atoms with Crippen LogP contribution in [0.15, 0.2) is 24.3 Å². The van der Waals surface area contributed by atoms with Crippen molar-refractivity contribution < 1.29 is 13.2 Å². The smallest absolute Gasteiger partial charge is 0.155 e. The van der Waals surface area contributed by atoms with E-state index in [1.807, 2.05) is 24.3 Å². The van der Waals surface area contributed by atoms with E-state index in [1.54, 1.807) is 7.11 Å². The van der Waals surface area contributed by atoms with E-state index >= 15 is 0 Å². The van der Waals surface area contributed by atoms with Gasteiger partial charge in [-0.25, -0.2) is 8.42 Å². The third-order valence-electron chi connectivity index (χ3n) is 4.04. The van der Waals surface area contributed by atoms with Gasteiger partial charge in [0.25, 0.3) is 0 Å². The minimum atomic E-state index is -3.12. The molecule has 2 atom stereocenters. The zero-order chi connectivity index (χ0) is 15.3. The van der Waals surface area contributed by atoms with Crippen LogP contribution < -0.4 is 5.32 Å². The Morgan fingerprint density at radius 2 is 2.10 bits per heavy atom. The molecule has 0 aromatic heterocycles. The summed E-state index contributed by atoms with van der Waals surface area (Å²) in [5.74, 6) is 0.198. The van der Waals surface area contributed by atoms with Crippen LogP contribution in [0.25, 0.3) is 0 Å². The molecule has 1 aliphatic carbocycles. The SMILES string of the molecule is CCCNC1c2ccccc2CC1S(=O)(=O)CCCOC. The first kappa shape index (κ1) is 16.5. The van der Waals surface area contributed by atoms with Gasteiger partial charge in [-0.1, -0.05) is 31.2 Å². The minimum Gasteiger partial charge on any atom is -0.385 e. The first-order valence-electron chi connectivity index (χ1n) is 7.62. The van der Waals surface area contributed by atoms with Crippen LogP contribution in [0.5, 0.6) is 0 Å². The summed E-state index contributed by atoms with van der Waals surface area (Å²) in [4.78, 5) is 0. The van der Waals surface area contributed by atoms with E-state index in [0.717, 1.165) is 24.1 Å². The van der Waals surface area contributed by atoms with Crippen LogP contribution >= 0.6 is 0 Å². The van der Waals surface area contributed by atoms with Gasteiger partial charge < -0.3 is 10.1 Å². The van der Waals surface area contributed by atoms with Gasteiger partial charge >= 0.3 is 0 Å². The highest BCUT2D eigenvalue weighted by Gasteiger charge is 2.39. The quantitative estimate of drug-likeness (QED) is 0.747. The Hall–Kier alpha value is -0.910. The topological polar surface area (TPSA) is 55.4 Å². The fourth-order valence-electron chi connectivity index (χ4n) is 2.99. The Bertz CT molecular complexity index is 556. The fraction of sp³-hybridized carbons (Fsp3) is 0.625. The summed E-state index contributed by atoms with van der Waals surface area (Å²) < 4.78 is 30.3. The van der Waals surface area contributed by atoms with Gasteiger partial charge in [-0.3, -0.25) is 0 Å². The molecule has 0 radical (unpaired) electrons. The van der Waals surface area contributed by atoms with Crippen molar-refractivity contribution >= 4 is 9.84 Å². The number of nitrogens with one attached hydrogen (secondary N) is 1. The van der Waals surface area contributed by atoms with Crippen molar-refractivity contribution in [1.29, 1.82) is 0 Å². The van der Waals surface area contributed by atoms with Crippen molar-refractivity contribution in [2.24, 2.45) is 0 Å². The number of benzene rings is 1. The van der Waals surface area contributed by atoms with Crippen molar-refractivity contribution in [2.45, 2.75) is 37.5 Å². The van der Waals surface area contributed by atoms with Gasteiger partial charge in [-0.15, -0.1) is 0 Å². The van der Waals surface area contributed by atoms with Crippen LogP contribution in [0.3, 0.4) is 0 Å². The molecule has 4 nitrogen and oxygen atoms in total. The Morgan fingerprint density at radius 1 is 1.33 bits per heavy atom. The highest BCUT2D eigenvalue weighted by Crippen LogP contribution is 2.35. The van der Waals surface area contributed by atoms with Crippen LogP contribution in [0.1, 0.15) is 36.9 Å². The largest absolute Gasteiger partial charge is 0.385 e. The lowest BCUT2D eigenvalue weighted by Crippen LogP contribution is -2.36. The van der Waals surface area contributed by atoms with E-state index in [0.29, 0.717) is 19.4 Å². The molecule has 21 heavy (non-hydrogen) atoms. The molecule has 1 aromatic carbocycles. The zero-order valence-corrected chi connectivity index (χ0v) is 13.7. The van der Waals surface area contributed by atoms with E-state index in [9.17, 15) is 8.42 Å². The molecule has 0 aliphatic heterocycles. The third-order valence-corrected chi connectivity index (χ3v) is 6.25. The molecule has 0 saturated carbocycles. The Balaban J connectivity index is 2.18. The van der Waals surface area contributed by atoms with Gasteiger partial charge in [-0.05, 0) is 36.9 Å². The van der Waals surface area contributed by atoms with Crippen LogP contribution in [-0.4, -0.2) is 39.7 Å². The summed E-state index contributed by atoms with van der Waals surface area (Å²) in [5.41, 5.74) is 2.30. The predicted molar refractivity (Wildman–Crippen MR) is 85.2 cm³/mol. The van der Waals surface area contributed by atoms with Gasteiger partial charge in [0.1, 0.15) is 0 Å². The molecule has 1 aliphatic rings. The number of hydrogen-bond donors (Lipinski definition) is 1. The standard InChI is InChI=1S/C16H25NO3S/c1-3-9-17-16-14-8-5-4-7-13(14)12-15(16)21(18,19)11-6-10-20-2/h4-5,7-8,15-17H,3,6,9-12H2,1-2H3. The van der Waals surface area contributed by atoms with Crippen molar-refractivity contribution in [2.75, 3.05) is 26.0 Å². The average Bonchev–Trinajstić information content (AvgIpc) is 2.85. The third kappa shape index (κ3) is 3.84. The van der Waals surface area contributed by atoms with Crippen molar-refractivity contribution in [1.82, 2.24) is 5.32 Å². The number of sulfone groups is 1. The molecule has 2 unspecified atom stereocenters. The lowest BCUT2D eigenvalue weighted by molar-refractivity contribution is 0.199. The van der Waals surface area contributed by atoms with E-state index < -0.39 is 9.84 Å². The molecule has 0 bridgehead atoms. The summed E-state index contributed by atoms with van der Waals surface area (Å²) in [6, 6.07) is 7.98. The van der Waals surface area contributed by atoms with Gasteiger partial charge in [0.05, 0.1) is 11.0 Å². The molecule has 1 N–H and O–H groups in total. The van der Waals surface area contributed by atoms with Gasteiger partial charge in [-0.2, -0.15) is 0 Å². The van der Waals surface area contributed by atoms with E-state index in [2.05, 4.69) is 12.2 Å². The highest BCUT2D eigenvalue weighted by molar-refractivity contribution is 7.92. The Labute approximate surface area is 127 Å². The summed E-state index contributed by atoms with van der Waals surface area (Å²) in [6.07, 6.45) is 2.17. The predicted octanol–water partition coefficient (Wildman–Crippen LogP) is 2.10. The maximum atomic E-state index is 12.7. The summed E-state index contributed by atoms with van der Waals surface area (Å²) in [7, 11) is -1.52. The second-order valence-corrected chi connectivity index (χ2v) is 7.93. The average molecular weight is 311 g/mol. The monoisotopic (exact) mass is 311 g/mol. The molecule has 0 heterocycles. The molecule has 2 rings (SSSR count). The first-order valence-corrected chi connectivity index (χ1v) is 9.33. The Morgan fingerprint density at radius 3 is 2.81 bits per heavy atom. The van der Waals surface area contributed by atoms with Gasteiger partial charge in [0.15, 0.2) is 9.84 Å². The normalized spacial score (nSPS) is 21.4. The number of rotatable bonds is 8. The molecule has 118 valence electrons. The summed E-state index contributed by atoms with van der Waals surface area (Å²) in [5, 5.41) is 3.07. The molecular weight excluding hydrogens is 286 g/mol. The number of fused-ring (bicyclic) bond motifs is 1. The van der Waals surface area contributed by atoms with Crippen LogP contribution in [0.2, 0.25) is 0 Å². The van der Waals surface area contributed by atoms with Crippen molar-refractivity contribution in [3.05, 3.63) is 35.4 Å². The molecular formula is C16H25NO3S. The summed E-state index contributed by atoms with van der Waals surface area (Å²) in [6.45, 7) is 3.42. The van der Waals surface area contributed by atoms with Gasteiger partial charge in [0.2, 0.25) is 0 Å². The number of ether oxygens (including phenoxy) is 1. The fourth-order valence-corrected chi connectivity index (χ4v) is 4.90. The Kier molecular flexibility index (Phi) is 5.79. The van der Waals surface area contributed by atoms with E-state index in [4.69, 9.17) is 4.74 Å². The second-order valence-electron chi connectivity index (χ2n) is 5.59. The van der Waals surface area contributed by atoms with Crippen LogP contribution in [0.4, 0.5) is 0 Å². The highest BCUT2D eigenvalue weighted by atomic mass is 32.2. The van der Waals surface area contributed by atoms with E-state index in [1.165, 1.54) is 0 Å². The summed E-state index contributed by atoms with van der Waals surface area (Å²) >= 11 is 0. The lowest BCUT2D eigenvalue weighted by atomic mass is 10.1. The molecule has 1 aromatic rings. The maximum Gasteiger partial charge on any atom is 0.155 e. The van der Waals surface area contributed by atoms with E-state index in [-0.39, 0.29) is 17.0 Å². The van der Waals surface area contributed by atoms with Crippen molar-refractivity contribution in [3.8, 4) is 0 Å². The van der Waals surface area contributed by atoms with Crippen LogP contribution in [0, 0.1) is 0 Å². The zero-order valence-electron chi connectivity index (χ0n) is 12.8. The minimum absolute atomic E-state index is 0.0753. The van der Waals surface area contributed by atoms with Crippen LogP contribution in [-0.2, 0) is 21.0 Å². The van der Waals surface area contributed by atoms with Crippen molar-refractivity contribution in [3.63, 3.8) is 0 Å². The molecule has 0 fully saturated rings.